The number of carbonyl (C=O) groups is 2. The minimum Gasteiger partial charge on any atom is -0.493 e. The molecule has 176 valence electrons. The zero-order valence-corrected chi connectivity index (χ0v) is 20.1. The van der Waals surface area contributed by atoms with Crippen LogP contribution in [-0.4, -0.2) is 69.3 Å². The summed E-state index contributed by atoms with van der Waals surface area (Å²) in [4.78, 5) is 29.8. The number of esters is 1. The van der Waals surface area contributed by atoms with Crippen molar-refractivity contribution in [1.29, 1.82) is 0 Å². The summed E-state index contributed by atoms with van der Waals surface area (Å²) >= 11 is 1.23. The van der Waals surface area contributed by atoms with E-state index < -0.39 is 27.8 Å². The molecule has 0 aliphatic carbocycles. The molecule has 10 nitrogen and oxygen atoms in total. The Bertz CT molecular complexity index is 1180. The summed E-state index contributed by atoms with van der Waals surface area (Å²) in [5.74, 6) is -0.426. The number of benzene rings is 1. The monoisotopic (exact) mass is 485 g/mol. The van der Waals surface area contributed by atoms with Gasteiger partial charge in [-0.15, -0.1) is 0 Å². The number of ether oxygens (including phenoxy) is 3. The zero-order chi connectivity index (χ0) is 23.5. The number of amides is 1. The van der Waals surface area contributed by atoms with Crippen molar-refractivity contribution < 1.29 is 32.2 Å². The first-order valence-corrected chi connectivity index (χ1v) is 12.8. The quantitative estimate of drug-likeness (QED) is 0.544. The summed E-state index contributed by atoms with van der Waals surface area (Å²) < 4.78 is 43.3. The van der Waals surface area contributed by atoms with Gasteiger partial charge in [0.1, 0.15) is 6.54 Å². The second-order valence-electron chi connectivity index (χ2n) is 7.36. The lowest BCUT2D eigenvalue weighted by Gasteiger charge is -2.28. The molecule has 3 rings (SSSR count). The Morgan fingerprint density at radius 1 is 1.22 bits per heavy atom. The SMILES string of the molecule is CCOC(=O)Cn1c(=NC(=O)C2CCCN(S(C)(=O)=O)C2)sc2cc(OC)c(OC)cc21. The van der Waals surface area contributed by atoms with Gasteiger partial charge in [-0.3, -0.25) is 9.59 Å². The fraction of sp³-hybridized carbons (Fsp3) is 0.550. The topological polar surface area (TPSA) is 116 Å². The van der Waals surface area contributed by atoms with Gasteiger partial charge in [-0.25, -0.2) is 12.7 Å². The average Bonchev–Trinajstić information content (AvgIpc) is 3.08. The maximum atomic E-state index is 13.0. The molecule has 0 N–H and O–H groups in total. The molecule has 1 aromatic carbocycles. The second kappa shape index (κ2) is 10.0. The third-order valence-electron chi connectivity index (χ3n) is 5.19. The van der Waals surface area contributed by atoms with Crippen LogP contribution in [0.25, 0.3) is 10.2 Å². The van der Waals surface area contributed by atoms with Crippen molar-refractivity contribution in [2.75, 3.05) is 40.2 Å². The number of carbonyl (C=O) groups excluding carboxylic acids is 2. The van der Waals surface area contributed by atoms with Crippen molar-refractivity contribution in [2.45, 2.75) is 26.3 Å². The van der Waals surface area contributed by atoms with Gasteiger partial charge in [0, 0.05) is 25.2 Å². The minimum atomic E-state index is -3.38. The Kier molecular flexibility index (Phi) is 7.57. The third-order valence-corrected chi connectivity index (χ3v) is 7.50. The van der Waals surface area contributed by atoms with E-state index in [1.165, 1.54) is 29.9 Å². The molecule has 2 aromatic rings. The van der Waals surface area contributed by atoms with Crippen LogP contribution in [0.1, 0.15) is 19.8 Å². The standard InChI is InChI=1S/C20H27N3O7S2/c1-5-30-18(24)12-23-14-9-15(28-2)16(29-3)10-17(14)31-20(23)21-19(25)13-7-6-8-22(11-13)32(4,26)27/h9-10,13H,5-8,11-12H2,1-4H3. The van der Waals surface area contributed by atoms with Gasteiger partial charge in [-0.1, -0.05) is 11.3 Å². The van der Waals surface area contributed by atoms with Crippen molar-refractivity contribution in [3.8, 4) is 11.5 Å². The third kappa shape index (κ3) is 5.30. The van der Waals surface area contributed by atoms with E-state index >= 15 is 0 Å². The van der Waals surface area contributed by atoms with E-state index in [0.29, 0.717) is 41.2 Å². The summed E-state index contributed by atoms with van der Waals surface area (Å²) in [5, 5.41) is 0. The van der Waals surface area contributed by atoms with E-state index in [2.05, 4.69) is 4.99 Å². The molecule has 0 spiro atoms. The Morgan fingerprint density at radius 3 is 2.53 bits per heavy atom. The highest BCUT2D eigenvalue weighted by Crippen LogP contribution is 2.33. The van der Waals surface area contributed by atoms with Crippen molar-refractivity contribution in [3.63, 3.8) is 0 Å². The Morgan fingerprint density at radius 2 is 1.91 bits per heavy atom. The number of nitrogens with zero attached hydrogens (tertiary/aromatic N) is 3. The van der Waals surface area contributed by atoms with Gasteiger partial charge in [0.2, 0.25) is 10.0 Å². The van der Waals surface area contributed by atoms with Gasteiger partial charge in [-0.05, 0) is 19.8 Å². The normalized spacial score (nSPS) is 18.0. The van der Waals surface area contributed by atoms with E-state index in [1.807, 2.05) is 0 Å². The fourth-order valence-corrected chi connectivity index (χ4v) is 5.56. The number of sulfonamides is 1. The fourth-order valence-electron chi connectivity index (χ4n) is 3.60. The molecular weight excluding hydrogens is 458 g/mol. The van der Waals surface area contributed by atoms with Crippen LogP contribution in [0.15, 0.2) is 17.1 Å². The van der Waals surface area contributed by atoms with Crippen LogP contribution < -0.4 is 14.3 Å². The van der Waals surface area contributed by atoms with Crippen molar-refractivity contribution in [2.24, 2.45) is 10.9 Å². The zero-order valence-electron chi connectivity index (χ0n) is 18.5. The van der Waals surface area contributed by atoms with Crippen LogP contribution in [0.4, 0.5) is 0 Å². The molecule has 1 fully saturated rings. The first kappa shape index (κ1) is 24.2. The van der Waals surface area contributed by atoms with Crippen LogP contribution in [0.2, 0.25) is 0 Å². The van der Waals surface area contributed by atoms with Crippen molar-refractivity contribution in [1.82, 2.24) is 8.87 Å². The molecule has 2 heterocycles. The largest absolute Gasteiger partial charge is 0.493 e. The lowest BCUT2D eigenvalue weighted by atomic mass is 9.99. The molecule has 0 radical (unpaired) electrons. The van der Waals surface area contributed by atoms with E-state index in [9.17, 15) is 18.0 Å². The number of hydrogen-bond donors (Lipinski definition) is 0. The summed E-state index contributed by atoms with van der Waals surface area (Å²) in [6.07, 6.45) is 2.28. The van der Waals surface area contributed by atoms with Gasteiger partial charge in [0.15, 0.2) is 16.3 Å². The van der Waals surface area contributed by atoms with E-state index in [0.717, 1.165) is 11.0 Å². The van der Waals surface area contributed by atoms with Gasteiger partial charge in [-0.2, -0.15) is 4.99 Å². The predicted molar refractivity (Wildman–Crippen MR) is 119 cm³/mol. The first-order chi connectivity index (χ1) is 15.2. The Balaban J connectivity index is 2.06. The highest BCUT2D eigenvalue weighted by Gasteiger charge is 2.30. The van der Waals surface area contributed by atoms with Gasteiger partial charge in [0.25, 0.3) is 5.91 Å². The highest BCUT2D eigenvalue weighted by atomic mass is 32.2. The summed E-state index contributed by atoms with van der Waals surface area (Å²) in [6, 6.07) is 3.48. The van der Waals surface area contributed by atoms with Gasteiger partial charge < -0.3 is 18.8 Å². The minimum absolute atomic E-state index is 0.103. The number of thiazole rings is 1. The molecule has 1 aliphatic heterocycles. The first-order valence-electron chi connectivity index (χ1n) is 10.1. The molecule has 1 aliphatic rings. The van der Waals surface area contributed by atoms with E-state index in [4.69, 9.17) is 14.2 Å². The molecule has 1 aromatic heterocycles. The lowest BCUT2D eigenvalue weighted by molar-refractivity contribution is -0.143. The molecule has 1 unspecified atom stereocenters. The number of aromatic nitrogens is 1. The lowest BCUT2D eigenvalue weighted by Crippen LogP contribution is -2.41. The summed E-state index contributed by atoms with van der Waals surface area (Å²) in [5.41, 5.74) is 0.647. The van der Waals surface area contributed by atoms with Gasteiger partial charge in [0.05, 0.1) is 43.2 Å². The van der Waals surface area contributed by atoms with Crippen LogP contribution in [0.5, 0.6) is 11.5 Å². The number of piperidine rings is 1. The number of rotatable bonds is 7. The molecule has 12 heteroatoms. The predicted octanol–water partition coefficient (Wildman–Crippen LogP) is 1.38. The molecule has 0 bridgehead atoms. The summed E-state index contributed by atoms with van der Waals surface area (Å²) in [6.45, 7) is 2.32. The maximum absolute atomic E-state index is 13.0. The van der Waals surface area contributed by atoms with E-state index in [-0.39, 0.29) is 19.7 Å². The van der Waals surface area contributed by atoms with Crippen LogP contribution in [0, 0.1) is 5.92 Å². The van der Waals surface area contributed by atoms with Gasteiger partial charge >= 0.3 is 5.97 Å². The molecule has 0 saturated carbocycles. The molecule has 1 amide bonds. The average molecular weight is 486 g/mol. The second-order valence-corrected chi connectivity index (χ2v) is 10.4. The van der Waals surface area contributed by atoms with Crippen LogP contribution in [-0.2, 0) is 30.9 Å². The maximum Gasteiger partial charge on any atom is 0.326 e. The van der Waals surface area contributed by atoms with Crippen molar-refractivity contribution >= 4 is 43.5 Å². The highest BCUT2D eigenvalue weighted by molar-refractivity contribution is 7.88. The van der Waals surface area contributed by atoms with Crippen molar-refractivity contribution in [3.05, 3.63) is 16.9 Å². The number of hydrogen-bond acceptors (Lipinski definition) is 8. The molecule has 1 saturated heterocycles. The van der Waals surface area contributed by atoms with Crippen LogP contribution in [0.3, 0.4) is 0 Å². The Hall–Kier alpha value is -2.44. The smallest absolute Gasteiger partial charge is 0.326 e. The molecule has 1 atom stereocenters. The Labute approximate surface area is 190 Å². The molecular formula is C20H27N3O7S2. The van der Waals surface area contributed by atoms with Crippen LogP contribution >= 0.6 is 11.3 Å². The number of fused-ring (bicyclic) bond motifs is 1. The molecule has 32 heavy (non-hydrogen) atoms. The summed E-state index contributed by atoms with van der Waals surface area (Å²) in [7, 11) is -0.349. The number of methoxy groups -OCH3 is 2. The van der Waals surface area contributed by atoms with E-state index in [1.54, 1.807) is 23.6 Å².